The van der Waals surface area contributed by atoms with Crippen LogP contribution in [0.4, 0.5) is 0 Å². The first kappa shape index (κ1) is 14.4. The number of rotatable bonds is 1. The summed E-state index contributed by atoms with van der Waals surface area (Å²) in [5, 5.41) is 0. The van der Waals surface area contributed by atoms with E-state index in [0.717, 1.165) is 0 Å². The fraction of sp³-hybridized carbons (Fsp3) is 0.579. The Labute approximate surface area is 118 Å². The zero-order valence-electron chi connectivity index (χ0n) is 12.2. The number of benzene rings is 1. The lowest BCUT2D eigenvalue weighted by Gasteiger charge is -2.08. The quantitative estimate of drug-likeness (QED) is 0.547. The molecule has 104 valence electrons. The molecule has 1 aliphatic carbocycles. The molecular formula is C19H28. The molecule has 0 aliphatic heterocycles. The monoisotopic (exact) mass is 256 g/mol. The standard InChI is InChI=1S/C19H28/c1-2-4-6-8-11-15-18(14-10-7-5-3-1)19-16-12-9-13-17-19/h9,12-14,16-17H,1-8,10-11,15H2/b18-14+. The van der Waals surface area contributed by atoms with Crippen molar-refractivity contribution < 1.29 is 0 Å². The van der Waals surface area contributed by atoms with Crippen molar-refractivity contribution in [3.63, 3.8) is 0 Å². The molecule has 0 unspecified atom stereocenters. The first-order valence-electron chi connectivity index (χ1n) is 8.21. The van der Waals surface area contributed by atoms with Gasteiger partial charge in [0, 0.05) is 0 Å². The van der Waals surface area contributed by atoms with Crippen LogP contribution in [0.5, 0.6) is 0 Å². The Hall–Kier alpha value is -1.04. The van der Waals surface area contributed by atoms with E-state index in [9.17, 15) is 0 Å². The SMILES string of the molecule is C1=C(/c2ccccc2)CCCCCCCCCCC/1. The molecule has 0 nitrogen and oxygen atoms in total. The topological polar surface area (TPSA) is 0 Å². The molecule has 1 aliphatic rings. The Morgan fingerprint density at radius 2 is 1.16 bits per heavy atom. The van der Waals surface area contributed by atoms with Gasteiger partial charge in [-0.2, -0.15) is 0 Å². The minimum atomic E-state index is 1.27. The van der Waals surface area contributed by atoms with Gasteiger partial charge in [-0.1, -0.05) is 81.4 Å². The molecule has 0 saturated carbocycles. The van der Waals surface area contributed by atoms with E-state index in [1.807, 2.05) is 0 Å². The molecule has 0 amide bonds. The van der Waals surface area contributed by atoms with Crippen LogP contribution in [-0.2, 0) is 0 Å². The van der Waals surface area contributed by atoms with E-state index >= 15 is 0 Å². The number of hydrogen-bond acceptors (Lipinski definition) is 0. The van der Waals surface area contributed by atoms with Gasteiger partial charge in [0.05, 0.1) is 0 Å². The lowest BCUT2D eigenvalue weighted by atomic mass is 9.98. The van der Waals surface area contributed by atoms with E-state index < -0.39 is 0 Å². The summed E-state index contributed by atoms with van der Waals surface area (Å²) >= 11 is 0. The van der Waals surface area contributed by atoms with E-state index in [1.165, 1.54) is 76.2 Å². The first-order valence-corrected chi connectivity index (χ1v) is 8.21. The Kier molecular flexibility index (Phi) is 6.78. The lowest BCUT2D eigenvalue weighted by molar-refractivity contribution is 0.565. The van der Waals surface area contributed by atoms with E-state index in [2.05, 4.69) is 36.4 Å². The van der Waals surface area contributed by atoms with E-state index in [4.69, 9.17) is 0 Å². The van der Waals surface area contributed by atoms with Crippen LogP contribution in [0, 0.1) is 0 Å². The van der Waals surface area contributed by atoms with Gasteiger partial charge in [-0.25, -0.2) is 0 Å². The molecule has 0 bridgehead atoms. The molecule has 0 spiro atoms. The smallest absolute Gasteiger partial charge is 0.0228 e. The highest BCUT2D eigenvalue weighted by atomic mass is 14.1. The molecule has 2 rings (SSSR count). The van der Waals surface area contributed by atoms with E-state index in [1.54, 1.807) is 5.57 Å². The normalized spacial score (nSPS) is 22.4. The Balaban J connectivity index is 1.96. The van der Waals surface area contributed by atoms with Crippen molar-refractivity contribution in [1.29, 1.82) is 0 Å². The van der Waals surface area contributed by atoms with Crippen LogP contribution in [0.25, 0.3) is 5.57 Å². The van der Waals surface area contributed by atoms with Crippen molar-refractivity contribution in [3.05, 3.63) is 42.0 Å². The molecule has 0 N–H and O–H groups in total. The zero-order chi connectivity index (χ0) is 13.2. The van der Waals surface area contributed by atoms with Crippen LogP contribution < -0.4 is 0 Å². The molecule has 19 heavy (non-hydrogen) atoms. The molecule has 0 fully saturated rings. The van der Waals surface area contributed by atoms with Crippen LogP contribution in [0.2, 0.25) is 0 Å². The number of allylic oxidation sites excluding steroid dienone is 2. The van der Waals surface area contributed by atoms with Gasteiger partial charge >= 0.3 is 0 Å². The fourth-order valence-corrected chi connectivity index (χ4v) is 2.99. The highest BCUT2D eigenvalue weighted by Crippen LogP contribution is 2.23. The minimum Gasteiger partial charge on any atom is -0.0807 e. The third-order valence-corrected chi connectivity index (χ3v) is 4.19. The Morgan fingerprint density at radius 1 is 0.579 bits per heavy atom. The maximum Gasteiger partial charge on any atom is -0.0228 e. The average molecular weight is 256 g/mol. The second-order valence-electron chi connectivity index (χ2n) is 5.82. The van der Waals surface area contributed by atoms with Gasteiger partial charge in [-0.05, 0) is 36.8 Å². The summed E-state index contributed by atoms with van der Waals surface area (Å²) < 4.78 is 0. The van der Waals surface area contributed by atoms with Gasteiger partial charge in [0.2, 0.25) is 0 Å². The van der Waals surface area contributed by atoms with Crippen molar-refractivity contribution in [3.8, 4) is 0 Å². The highest BCUT2D eigenvalue weighted by molar-refractivity contribution is 5.65. The molecule has 0 heterocycles. The molecule has 0 heteroatoms. The van der Waals surface area contributed by atoms with Gasteiger partial charge in [0.15, 0.2) is 0 Å². The van der Waals surface area contributed by atoms with Gasteiger partial charge in [-0.15, -0.1) is 0 Å². The van der Waals surface area contributed by atoms with Crippen LogP contribution in [0.3, 0.4) is 0 Å². The van der Waals surface area contributed by atoms with Crippen LogP contribution in [0.15, 0.2) is 36.4 Å². The van der Waals surface area contributed by atoms with Crippen molar-refractivity contribution in [2.24, 2.45) is 0 Å². The van der Waals surface area contributed by atoms with Crippen molar-refractivity contribution >= 4 is 5.57 Å². The average Bonchev–Trinajstić information content (AvgIpc) is 2.49. The van der Waals surface area contributed by atoms with E-state index in [0.29, 0.717) is 0 Å². The fourth-order valence-electron chi connectivity index (χ4n) is 2.99. The summed E-state index contributed by atoms with van der Waals surface area (Å²) in [6.07, 6.45) is 17.8. The third kappa shape index (κ3) is 5.63. The molecule has 0 atom stereocenters. The Morgan fingerprint density at radius 3 is 1.84 bits per heavy atom. The predicted molar refractivity (Wildman–Crippen MR) is 85.2 cm³/mol. The zero-order valence-corrected chi connectivity index (χ0v) is 12.2. The van der Waals surface area contributed by atoms with Crippen LogP contribution >= 0.6 is 0 Å². The maximum atomic E-state index is 2.51. The largest absolute Gasteiger partial charge is 0.0807 e. The summed E-state index contributed by atoms with van der Waals surface area (Å²) in [6.45, 7) is 0. The lowest BCUT2D eigenvalue weighted by Crippen LogP contribution is -1.86. The third-order valence-electron chi connectivity index (χ3n) is 4.19. The maximum absolute atomic E-state index is 2.51. The summed E-state index contributed by atoms with van der Waals surface area (Å²) in [5.41, 5.74) is 3.03. The van der Waals surface area contributed by atoms with Crippen LogP contribution in [0.1, 0.15) is 76.2 Å². The molecule has 0 radical (unpaired) electrons. The highest BCUT2D eigenvalue weighted by Gasteiger charge is 2.02. The number of hydrogen-bond donors (Lipinski definition) is 0. The summed E-state index contributed by atoms with van der Waals surface area (Å²) in [4.78, 5) is 0. The molecule has 0 aromatic heterocycles. The molecular weight excluding hydrogens is 228 g/mol. The molecule has 1 aromatic rings. The second-order valence-corrected chi connectivity index (χ2v) is 5.82. The summed E-state index contributed by atoms with van der Waals surface area (Å²) in [7, 11) is 0. The summed E-state index contributed by atoms with van der Waals surface area (Å²) in [6, 6.07) is 11.0. The first-order chi connectivity index (χ1) is 9.47. The van der Waals surface area contributed by atoms with Crippen molar-refractivity contribution in [1.82, 2.24) is 0 Å². The van der Waals surface area contributed by atoms with Crippen LogP contribution in [-0.4, -0.2) is 0 Å². The van der Waals surface area contributed by atoms with Gasteiger partial charge < -0.3 is 0 Å². The Bertz CT molecular complexity index is 361. The van der Waals surface area contributed by atoms with Gasteiger partial charge in [0.1, 0.15) is 0 Å². The van der Waals surface area contributed by atoms with Crippen molar-refractivity contribution in [2.75, 3.05) is 0 Å². The second kappa shape index (κ2) is 8.96. The van der Waals surface area contributed by atoms with E-state index in [-0.39, 0.29) is 0 Å². The van der Waals surface area contributed by atoms with Gasteiger partial charge in [-0.3, -0.25) is 0 Å². The predicted octanol–water partition coefficient (Wildman–Crippen LogP) is 6.37. The molecule has 1 aromatic carbocycles. The molecule has 0 saturated heterocycles. The summed E-state index contributed by atoms with van der Waals surface area (Å²) in [5.74, 6) is 0. The van der Waals surface area contributed by atoms with Gasteiger partial charge in [0.25, 0.3) is 0 Å². The van der Waals surface area contributed by atoms with Crippen molar-refractivity contribution in [2.45, 2.75) is 70.6 Å². The minimum absolute atomic E-state index is 1.27.